The van der Waals surface area contributed by atoms with E-state index in [1.807, 2.05) is 66.4 Å². The van der Waals surface area contributed by atoms with E-state index in [1.54, 1.807) is 4.68 Å². The van der Waals surface area contributed by atoms with Gasteiger partial charge in [0.15, 0.2) is 17.0 Å². The van der Waals surface area contributed by atoms with Gasteiger partial charge in [-0.05, 0) is 30.2 Å². The number of rotatable bonds is 6. The third-order valence-electron chi connectivity index (χ3n) is 5.81. The summed E-state index contributed by atoms with van der Waals surface area (Å²) in [6.07, 6.45) is 1.70. The number of hydrogen-bond donors (Lipinski definition) is 1. The third kappa shape index (κ3) is 4.68. The summed E-state index contributed by atoms with van der Waals surface area (Å²) in [5, 5.41) is 11.8. The Labute approximate surface area is 191 Å². The lowest BCUT2D eigenvalue weighted by Gasteiger charge is -2.33. The molecule has 1 aliphatic heterocycles. The number of fused-ring (bicyclic) bond motifs is 1. The number of morpholine rings is 1. The summed E-state index contributed by atoms with van der Waals surface area (Å²) in [6, 6.07) is 17.8. The quantitative estimate of drug-likeness (QED) is 0.489. The van der Waals surface area contributed by atoms with Gasteiger partial charge < -0.3 is 15.0 Å². The fourth-order valence-corrected chi connectivity index (χ4v) is 4.00. The number of nitrogens with zero attached hydrogens (tertiary/aromatic N) is 6. The summed E-state index contributed by atoms with van der Waals surface area (Å²) in [5.41, 5.74) is 4.30. The lowest BCUT2D eigenvalue weighted by molar-refractivity contribution is -0.138. The summed E-state index contributed by atoms with van der Waals surface area (Å²) in [7, 11) is 0. The normalized spacial score (nSPS) is 16.2. The predicted molar refractivity (Wildman–Crippen MR) is 124 cm³/mol. The molecule has 1 aliphatic rings. The summed E-state index contributed by atoms with van der Waals surface area (Å²) in [5.74, 6) is 0.703. The van der Waals surface area contributed by atoms with Gasteiger partial charge in [-0.1, -0.05) is 47.7 Å². The maximum atomic E-state index is 12.9. The first-order valence-electron chi connectivity index (χ1n) is 11.0. The van der Waals surface area contributed by atoms with E-state index in [4.69, 9.17) is 4.74 Å². The van der Waals surface area contributed by atoms with Crippen molar-refractivity contribution in [3.63, 3.8) is 0 Å². The van der Waals surface area contributed by atoms with E-state index in [0.29, 0.717) is 49.6 Å². The van der Waals surface area contributed by atoms with Crippen LogP contribution in [0.4, 0.5) is 11.5 Å². The van der Waals surface area contributed by atoms with Gasteiger partial charge in [0.1, 0.15) is 6.33 Å². The number of aromatic nitrogens is 5. The fraction of sp³-hybridized carbons (Fsp3) is 0.292. The average molecular weight is 444 g/mol. The number of hydrogen-bond acceptors (Lipinski definition) is 7. The van der Waals surface area contributed by atoms with Gasteiger partial charge in [-0.2, -0.15) is 0 Å². The van der Waals surface area contributed by atoms with Crippen LogP contribution in [-0.2, 0) is 22.5 Å². The van der Waals surface area contributed by atoms with E-state index in [0.717, 1.165) is 16.8 Å². The third-order valence-corrected chi connectivity index (χ3v) is 5.81. The Balaban J connectivity index is 1.28. The zero-order chi connectivity index (χ0) is 22.6. The Morgan fingerprint density at radius 1 is 1.12 bits per heavy atom. The van der Waals surface area contributed by atoms with Gasteiger partial charge in [-0.25, -0.2) is 14.6 Å². The van der Waals surface area contributed by atoms with Crippen LogP contribution < -0.4 is 5.32 Å². The molecule has 0 radical (unpaired) electrons. The van der Waals surface area contributed by atoms with Gasteiger partial charge in [0.05, 0.1) is 25.7 Å². The van der Waals surface area contributed by atoms with Crippen molar-refractivity contribution in [2.45, 2.75) is 26.0 Å². The number of anilines is 2. The molecular formula is C24H25N7O2. The molecule has 1 N–H and O–H groups in total. The van der Waals surface area contributed by atoms with Crippen LogP contribution >= 0.6 is 0 Å². The van der Waals surface area contributed by atoms with Gasteiger partial charge in [-0.3, -0.25) is 4.79 Å². The van der Waals surface area contributed by atoms with Crippen molar-refractivity contribution in [2.24, 2.45) is 0 Å². The number of nitrogens with one attached hydrogen (secondary N) is 1. The van der Waals surface area contributed by atoms with E-state index < -0.39 is 0 Å². The molecule has 33 heavy (non-hydrogen) atoms. The Hall–Kier alpha value is -3.85. The van der Waals surface area contributed by atoms with Crippen molar-refractivity contribution in [3.8, 4) is 0 Å². The van der Waals surface area contributed by atoms with E-state index in [2.05, 4.69) is 25.6 Å². The van der Waals surface area contributed by atoms with Crippen molar-refractivity contribution >= 4 is 28.6 Å². The number of ether oxygens (including phenoxy) is 1. The molecule has 3 heterocycles. The zero-order valence-electron chi connectivity index (χ0n) is 18.4. The Morgan fingerprint density at radius 3 is 2.79 bits per heavy atom. The van der Waals surface area contributed by atoms with Gasteiger partial charge in [0.25, 0.3) is 0 Å². The average Bonchev–Trinajstić information content (AvgIpc) is 3.25. The molecule has 9 nitrogen and oxygen atoms in total. The van der Waals surface area contributed by atoms with Crippen molar-refractivity contribution in [3.05, 3.63) is 72.1 Å². The lowest BCUT2D eigenvalue weighted by atomic mass is 10.1. The number of para-hydroxylation sites is 1. The van der Waals surface area contributed by atoms with E-state index in [-0.39, 0.29) is 12.0 Å². The molecule has 4 aromatic rings. The second-order valence-electron chi connectivity index (χ2n) is 8.09. The Kier molecular flexibility index (Phi) is 5.95. The minimum absolute atomic E-state index is 0.109. The number of carbonyl (C=O) groups excluding carboxylic acids is 1. The molecule has 0 saturated carbocycles. The second-order valence-corrected chi connectivity index (χ2v) is 8.09. The molecule has 9 heteroatoms. The maximum absolute atomic E-state index is 12.9. The van der Waals surface area contributed by atoms with Crippen LogP contribution in [0.2, 0.25) is 0 Å². The van der Waals surface area contributed by atoms with Gasteiger partial charge in [-0.15, -0.1) is 5.10 Å². The van der Waals surface area contributed by atoms with Crippen LogP contribution in [0.5, 0.6) is 0 Å². The van der Waals surface area contributed by atoms with Crippen molar-refractivity contribution in [1.82, 2.24) is 29.9 Å². The Bertz CT molecular complexity index is 1260. The highest BCUT2D eigenvalue weighted by Gasteiger charge is 2.26. The van der Waals surface area contributed by atoms with Crippen molar-refractivity contribution in [2.75, 3.05) is 25.0 Å². The van der Waals surface area contributed by atoms with Crippen LogP contribution in [0.1, 0.15) is 11.1 Å². The summed E-state index contributed by atoms with van der Waals surface area (Å²) in [6.45, 7) is 4.07. The first-order chi connectivity index (χ1) is 16.2. The monoisotopic (exact) mass is 443 g/mol. The molecule has 5 rings (SSSR count). The molecule has 0 aliphatic carbocycles. The molecule has 0 unspecified atom stereocenters. The van der Waals surface area contributed by atoms with Crippen LogP contribution in [0, 0.1) is 6.92 Å². The van der Waals surface area contributed by atoms with E-state index >= 15 is 0 Å². The van der Waals surface area contributed by atoms with E-state index in [9.17, 15) is 4.79 Å². The molecule has 2 aromatic heterocycles. The van der Waals surface area contributed by atoms with Gasteiger partial charge in [0, 0.05) is 18.8 Å². The van der Waals surface area contributed by atoms with Crippen LogP contribution in [-0.4, -0.2) is 61.6 Å². The zero-order valence-corrected chi connectivity index (χ0v) is 18.4. The summed E-state index contributed by atoms with van der Waals surface area (Å²) < 4.78 is 7.65. The number of carbonyl (C=O) groups is 1. The largest absolute Gasteiger partial charge is 0.373 e. The van der Waals surface area contributed by atoms with E-state index in [1.165, 1.54) is 6.33 Å². The van der Waals surface area contributed by atoms with Crippen LogP contribution in [0.3, 0.4) is 0 Å². The van der Waals surface area contributed by atoms with Crippen molar-refractivity contribution in [1.29, 1.82) is 0 Å². The summed E-state index contributed by atoms with van der Waals surface area (Å²) >= 11 is 0. The molecule has 1 amide bonds. The molecule has 0 bridgehead atoms. The predicted octanol–water partition coefficient (Wildman–Crippen LogP) is 2.74. The highest BCUT2D eigenvalue weighted by Crippen LogP contribution is 2.21. The molecule has 0 spiro atoms. The SMILES string of the molecule is Cc1ccccc1CC(=O)N1CCO[C@H](Cn2nnc3c(Nc4ccccc4)ncnc32)C1. The molecule has 1 atom stereocenters. The molecule has 168 valence electrons. The first kappa shape index (κ1) is 21.0. The van der Waals surface area contributed by atoms with Crippen molar-refractivity contribution < 1.29 is 9.53 Å². The highest BCUT2D eigenvalue weighted by atomic mass is 16.5. The smallest absolute Gasteiger partial charge is 0.227 e. The molecule has 1 saturated heterocycles. The summed E-state index contributed by atoms with van der Waals surface area (Å²) in [4.78, 5) is 23.5. The molecule has 1 fully saturated rings. The standard InChI is InChI=1S/C24H25N7O2/c1-17-7-5-6-8-18(17)13-21(32)30-11-12-33-20(14-30)15-31-24-22(28-29-31)23(25-16-26-24)27-19-9-3-2-4-10-19/h2-10,16,20H,11-15H2,1H3,(H,25,26,27)/t20-/m0/s1. The lowest BCUT2D eigenvalue weighted by Crippen LogP contribution is -2.47. The number of aryl methyl sites for hydroxylation is 1. The highest BCUT2D eigenvalue weighted by molar-refractivity contribution is 5.84. The van der Waals surface area contributed by atoms with Gasteiger partial charge >= 0.3 is 0 Å². The number of amides is 1. The molecule has 2 aromatic carbocycles. The first-order valence-corrected chi connectivity index (χ1v) is 11.0. The van der Waals surface area contributed by atoms with Crippen LogP contribution in [0.25, 0.3) is 11.2 Å². The minimum atomic E-state index is -0.190. The second kappa shape index (κ2) is 9.33. The van der Waals surface area contributed by atoms with Gasteiger partial charge in [0.2, 0.25) is 5.91 Å². The molecular weight excluding hydrogens is 418 g/mol. The fourth-order valence-electron chi connectivity index (χ4n) is 4.00. The Morgan fingerprint density at radius 2 is 1.94 bits per heavy atom. The topological polar surface area (TPSA) is 98.1 Å². The number of benzene rings is 2. The van der Waals surface area contributed by atoms with Crippen LogP contribution in [0.15, 0.2) is 60.9 Å². The minimum Gasteiger partial charge on any atom is -0.373 e. The maximum Gasteiger partial charge on any atom is 0.227 e.